The summed E-state index contributed by atoms with van der Waals surface area (Å²) >= 11 is 0. The summed E-state index contributed by atoms with van der Waals surface area (Å²) in [6, 6.07) is 4.25. The van der Waals surface area contributed by atoms with Crippen molar-refractivity contribution in [3.05, 3.63) is 35.7 Å². The molecular weight excluding hydrogens is 170 g/mol. The second kappa shape index (κ2) is 4.41. The number of hydrogen-bond acceptors (Lipinski definition) is 1. The van der Waals surface area contributed by atoms with Crippen molar-refractivity contribution in [3.63, 3.8) is 0 Å². The molecule has 1 heteroatoms. The molecule has 0 aromatic carbocycles. The molecule has 0 N–H and O–H groups in total. The number of aryl methyl sites for hydroxylation is 1. The quantitative estimate of drug-likeness (QED) is 0.702. The minimum atomic E-state index is 0.549. The first-order chi connectivity index (χ1) is 6.56. The third kappa shape index (κ3) is 2.22. The topological polar surface area (TPSA) is 12.9 Å². The van der Waals surface area contributed by atoms with Crippen LogP contribution in [0, 0.1) is 6.92 Å². The maximum absolute atomic E-state index is 4.60. The lowest BCUT2D eigenvalue weighted by atomic mass is 10.0. The summed E-state index contributed by atoms with van der Waals surface area (Å²) in [5.74, 6) is 0.549. The third-order valence-corrected chi connectivity index (χ3v) is 2.68. The van der Waals surface area contributed by atoms with Gasteiger partial charge >= 0.3 is 0 Å². The third-order valence-electron chi connectivity index (χ3n) is 2.68. The molecule has 0 spiro atoms. The largest absolute Gasteiger partial charge is 0.257 e. The van der Waals surface area contributed by atoms with Crippen molar-refractivity contribution >= 4 is 5.57 Å². The Morgan fingerprint density at radius 2 is 2.14 bits per heavy atom. The van der Waals surface area contributed by atoms with E-state index in [1.165, 1.54) is 11.3 Å². The number of allylic oxidation sites excluding steroid dienone is 1. The van der Waals surface area contributed by atoms with Crippen molar-refractivity contribution in [3.8, 4) is 0 Å². The number of hydrogen-bond donors (Lipinski definition) is 0. The van der Waals surface area contributed by atoms with Crippen LogP contribution in [-0.4, -0.2) is 4.98 Å². The minimum absolute atomic E-state index is 0.549. The van der Waals surface area contributed by atoms with E-state index in [9.17, 15) is 0 Å². The zero-order valence-electron chi connectivity index (χ0n) is 9.59. The van der Waals surface area contributed by atoms with Crippen molar-refractivity contribution in [2.24, 2.45) is 0 Å². The van der Waals surface area contributed by atoms with Gasteiger partial charge in [-0.3, -0.25) is 4.98 Å². The highest BCUT2D eigenvalue weighted by Gasteiger charge is 2.07. The molecule has 14 heavy (non-hydrogen) atoms. The molecule has 1 heterocycles. The summed E-state index contributed by atoms with van der Waals surface area (Å²) in [7, 11) is 0. The average Bonchev–Trinajstić information content (AvgIpc) is 2.15. The van der Waals surface area contributed by atoms with Crippen molar-refractivity contribution in [1.82, 2.24) is 4.98 Å². The normalized spacial score (nSPS) is 12.6. The molecule has 0 aliphatic heterocycles. The first kappa shape index (κ1) is 11.0. The number of pyridine rings is 1. The molecule has 1 unspecified atom stereocenters. The summed E-state index contributed by atoms with van der Waals surface area (Å²) in [4.78, 5) is 4.60. The molecular formula is C13H19N. The fourth-order valence-electron chi connectivity index (χ4n) is 1.52. The van der Waals surface area contributed by atoms with Gasteiger partial charge in [-0.2, -0.15) is 0 Å². The Bertz CT molecular complexity index is 339. The summed E-state index contributed by atoms with van der Waals surface area (Å²) in [5.41, 5.74) is 4.55. The second-order valence-corrected chi connectivity index (χ2v) is 3.96. The van der Waals surface area contributed by atoms with Crippen LogP contribution in [0.4, 0.5) is 0 Å². The summed E-state index contributed by atoms with van der Waals surface area (Å²) in [6.07, 6.45) is 1.14. The Balaban J connectivity index is 3.06. The highest BCUT2D eigenvalue weighted by atomic mass is 14.7. The molecule has 1 atom stereocenters. The molecule has 1 rings (SSSR count). The van der Waals surface area contributed by atoms with Gasteiger partial charge in [0.05, 0.1) is 0 Å². The van der Waals surface area contributed by atoms with Gasteiger partial charge in [-0.05, 0) is 43.4 Å². The predicted molar refractivity (Wildman–Crippen MR) is 62.4 cm³/mol. The molecule has 0 fully saturated rings. The van der Waals surface area contributed by atoms with Crippen LogP contribution in [-0.2, 0) is 0 Å². The molecule has 0 saturated carbocycles. The molecule has 0 aliphatic carbocycles. The van der Waals surface area contributed by atoms with Crippen molar-refractivity contribution in [2.75, 3.05) is 0 Å². The van der Waals surface area contributed by atoms with E-state index in [-0.39, 0.29) is 0 Å². The maximum atomic E-state index is 4.60. The van der Waals surface area contributed by atoms with Crippen LogP contribution in [0.3, 0.4) is 0 Å². The fourth-order valence-corrected chi connectivity index (χ4v) is 1.52. The van der Waals surface area contributed by atoms with Crippen molar-refractivity contribution < 1.29 is 0 Å². The molecule has 1 aromatic rings. The second-order valence-electron chi connectivity index (χ2n) is 3.96. The first-order valence-corrected chi connectivity index (χ1v) is 5.19. The average molecular weight is 189 g/mol. The lowest BCUT2D eigenvalue weighted by molar-refractivity contribution is 0.704. The van der Waals surface area contributed by atoms with Crippen molar-refractivity contribution in [2.45, 2.75) is 40.0 Å². The fraction of sp³-hybridized carbons (Fsp3) is 0.462. The molecule has 0 aliphatic rings. The number of aromatic nitrogens is 1. The van der Waals surface area contributed by atoms with Gasteiger partial charge in [-0.25, -0.2) is 0 Å². The Labute approximate surface area is 86.9 Å². The molecule has 0 radical (unpaired) electrons. The van der Waals surface area contributed by atoms with Gasteiger partial charge in [-0.1, -0.05) is 26.5 Å². The summed E-state index contributed by atoms with van der Waals surface area (Å²) in [6.45, 7) is 12.4. The van der Waals surface area contributed by atoms with Gasteiger partial charge in [0.25, 0.3) is 0 Å². The van der Waals surface area contributed by atoms with Crippen LogP contribution < -0.4 is 0 Å². The van der Waals surface area contributed by atoms with E-state index in [4.69, 9.17) is 0 Å². The maximum Gasteiger partial charge on any atom is 0.0450 e. The van der Waals surface area contributed by atoms with Gasteiger partial charge in [0.2, 0.25) is 0 Å². The highest BCUT2D eigenvalue weighted by Crippen LogP contribution is 2.21. The van der Waals surface area contributed by atoms with Gasteiger partial charge in [0, 0.05) is 11.4 Å². The highest BCUT2D eigenvalue weighted by molar-refractivity contribution is 5.63. The minimum Gasteiger partial charge on any atom is -0.257 e. The van der Waals surface area contributed by atoms with Gasteiger partial charge < -0.3 is 0 Å². The van der Waals surface area contributed by atoms with E-state index in [1.54, 1.807) is 0 Å². The Morgan fingerprint density at radius 1 is 1.50 bits per heavy atom. The SMILES string of the molecule is C=C(C)c1ccc(C(C)CC)nc1C. The smallest absolute Gasteiger partial charge is 0.0450 e. The van der Waals surface area contributed by atoms with Crippen LogP contribution in [0.15, 0.2) is 18.7 Å². The van der Waals surface area contributed by atoms with Gasteiger partial charge in [0.15, 0.2) is 0 Å². The molecule has 1 aromatic heterocycles. The van der Waals surface area contributed by atoms with Crippen LogP contribution >= 0.6 is 0 Å². The van der Waals surface area contributed by atoms with Crippen LogP contribution in [0.2, 0.25) is 0 Å². The van der Waals surface area contributed by atoms with E-state index < -0.39 is 0 Å². The molecule has 0 saturated heterocycles. The van der Waals surface area contributed by atoms with Crippen LogP contribution in [0.25, 0.3) is 5.57 Å². The lowest BCUT2D eigenvalue weighted by Gasteiger charge is -2.11. The van der Waals surface area contributed by atoms with E-state index in [0.717, 1.165) is 17.7 Å². The first-order valence-electron chi connectivity index (χ1n) is 5.19. The van der Waals surface area contributed by atoms with E-state index >= 15 is 0 Å². The lowest BCUT2D eigenvalue weighted by Crippen LogP contribution is -1.99. The number of rotatable bonds is 3. The van der Waals surface area contributed by atoms with Gasteiger partial charge in [0.1, 0.15) is 0 Å². The van der Waals surface area contributed by atoms with Crippen LogP contribution in [0.5, 0.6) is 0 Å². The zero-order chi connectivity index (χ0) is 10.7. The van der Waals surface area contributed by atoms with Gasteiger partial charge in [-0.15, -0.1) is 0 Å². The molecule has 76 valence electrons. The zero-order valence-corrected chi connectivity index (χ0v) is 9.59. The van der Waals surface area contributed by atoms with Crippen molar-refractivity contribution in [1.29, 1.82) is 0 Å². The predicted octanol–water partition coefficient (Wildman–Crippen LogP) is 3.94. The van der Waals surface area contributed by atoms with Crippen LogP contribution in [0.1, 0.15) is 50.1 Å². The van der Waals surface area contributed by atoms with E-state index in [0.29, 0.717) is 5.92 Å². The van der Waals surface area contributed by atoms with E-state index in [1.807, 2.05) is 6.92 Å². The molecule has 0 amide bonds. The Morgan fingerprint density at radius 3 is 2.57 bits per heavy atom. The number of nitrogens with zero attached hydrogens (tertiary/aromatic N) is 1. The molecule has 1 nitrogen and oxygen atoms in total. The Kier molecular flexibility index (Phi) is 3.45. The van der Waals surface area contributed by atoms with E-state index in [2.05, 4.69) is 44.5 Å². The molecule has 0 bridgehead atoms. The summed E-state index contributed by atoms with van der Waals surface area (Å²) in [5, 5.41) is 0. The standard InChI is InChI=1S/C13H19N/c1-6-10(4)13-8-7-12(9(2)3)11(5)14-13/h7-8,10H,2,6H2,1,3-5H3. The Hall–Kier alpha value is -1.11. The summed E-state index contributed by atoms with van der Waals surface area (Å²) < 4.78 is 0. The monoisotopic (exact) mass is 189 g/mol.